The average molecular weight is 855 g/mol. The van der Waals surface area contributed by atoms with Crippen molar-refractivity contribution in [3.05, 3.63) is 134 Å². The quantitative estimate of drug-likeness (QED) is 0.0264. The molecule has 0 heterocycles. The van der Waals surface area contributed by atoms with E-state index in [0.717, 1.165) is 103 Å². The van der Waals surface area contributed by atoms with Gasteiger partial charge in [0.1, 0.15) is 13.2 Å². The van der Waals surface area contributed by atoms with E-state index in [2.05, 4.69) is 142 Å². The van der Waals surface area contributed by atoms with Crippen LogP contribution in [0.5, 0.6) is 0 Å². The predicted octanol–water partition coefficient (Wildman–Crippen LogP) is 15.9. The van der Waals surface area contributed by atoms with Crippen molar-refractivity contribution in [2.45, 2.75) is 187 Å². The Kier molecular flexibility index (Phi) is 45.7. The Morgan fingerprint density at radius 2 is 0.677 bits per heavy atom. The molecule has 0 aliphatic rings. The second-order valence-electron chi connectivity index (χ2n) is 15.2. The van der Waals surface area contributed by atoms with Crippen molar-refractivity contribution in [3.63, 3.8) is 0 Å². The van der Waals surface area contributed by atoms with E-state index in [-0.39, 0.29) is 38.0 Å². The minimum Gasteiger partial charge on any atom is -0.462 e. The van der Waals surface area contributed by atoms with Gasteiger partial charge in [-0.2, -0.15) is 0 Å². The number of unbranched alkanes of at least 4 members (excludes halogenated alkanes) is 8. The second kappa shape index (κ2) is 49.2. The van der Waals surface area contributed by atoms with Gasteiger partial charge in [0.05, 0.1) is 0 Å². The fourth-order valence-corrected chi connectivity index (χ4v) is 5.80. The van der Waals surface area contributed by atoms with Gasteiger partial charge >= 0.3 is 17.9 Å². The molecule has 6 nitrogen and oxygen atoms in total. The summed E-state index contributed by atoms with van der Waals surface area (Å²) in [6.45, 7) is 6.21. The van der Waals surface area contributed by atoms with Crippen molar-refractivity contribution in [1.29, 1.82) is 0 Å². The third-order valence-electron chi connectivity index (χ3n) is 9.38. The van der Waals surface area contributed by atoms with E-state index in [1.807, 2.05) is 12.2 Å². The van der Waals surface area contributed by atoms with Crippen molar-refractivity contribution in [3.8, 4) is 0 Å². The molecule has 0 aliphatic heterocycles. The van der Waals surface area contributed by atoms with Crippen LogP contribution in [0.4, 0.5) is 0 Å². The molecule has 0 aliphatic carbocycles. The van der Waals surface area contributed by atoms with E-state index in [1.165, 1.54) is 25.7 Å². The van der Waals surface area contributed by atoms with E-state index in [0.29, 0.717) is 19.3 Å². The van der Waals surface area contributed by atoms with E-state index in [4.69, 9.17) is 14.2 Å². The molecule has 0 aromatic rings. The lowest BCUT2D eigenvalue weighted by molar-refractivity contribution is -0.166. The number of hydrogen-bond acceptors (Lipinski definition) is 6. The first-order chi connectivity index (χ1) is 30.5. The summed E-state index contributed by atoms with van der Waals surface area (Å²) in [6.07, 6.45) is 68.8. The number of ether oxygens (including phenoxy) is 3. The van der Waals surface area contributed by atoms with Crippen LogP contribution in [0.25, 0.3) is 0 Å². The molecule has 0 rings (SSSR count). The molecule has 1 atom stereocenters. The predicted molar refractivity (Wildman–Crippen MR) is 265 cm³/mol. The summed E-state index contributed by atoms with van der Waals surface area (Å²) in [5.74, 6) is -1.10. The Bertz CT molecular complexity index is 1400. The summed E-state index contributed by atoms with van der Waals surface area (Å²) in [5, 5.41) is 0. The highest BCUT2D eigenvalue weighted by atomic mass is 16.6. The van der Waals surface area contributed by atoms with E-state index in [1.54, 1.807) is 0 Å². The van der Waals surface area contributed by atoms with Gasteiger partial charge in [0, 0.05) is 19.3 Å². The summed E-state index contributed by atoms with van der Waals surface area (Å²) in [5.41, 5.74) is 0. The number of carbonyl (C=O) groups excluding carboxylic acids is 3. The normalized spacial score (nSPS) is 13.3. The van der Waals surface area contributed by atoms with Crippen LogP contribution in [0.15, 0.2) is 134 Å². The molecule has 0 bridgehead atoms. The number of rotatable bonds is 41. The molecule has 0 aromatic carbocycles. The van der Waals surface area contributed by atoms with Gasteiger partial charge in [0.15, 0.2) is 6.10 Å². The summed E-state index contributed by atoms with van der Waals surface area (Å²) in [6, 6.07) is 0. The highest BCUT2D eigenvalue weighted by molar-refractivity contribution is 5.71. The molecule has 0 spiro atoms. The zero-order chi connectivity index (χ0) is 45.1. The fourth-order valence-electron chi connectivity index (χ4n) is 5.80. The molecule has 346 valence electrons. The molecule has 62 heavy (non-hydrogen) atoms. The highest BCUT2D eigenvalue weighted by Crippen LogP contribution is 2.11. The Morgan fingerprint density at radius 3 is 1.13 bits per heavy atom. The minimum atomic E-state index is -0.847. The van der Waals surface area contributed by atoms with Gasteiger partial charge in [-0.15, -0.1) is 0 Å². The molecule has 0 saturated heterocycles. The van der Waals surface area contributed by atoms with Crippen LogP contribution < -0.4 is 0 Å². The van der Waals surface area contributed by atoms with Crippen LogP contribution in [-0.4, -0.2) is 37.2 Å². The van der Waals surface area contributed by atoms with Crippen LogP contribution in [0.1, 0.15) is 181 Å². The number of hydrogen-bond donors (Lipinski definition) is 0. The first-order valence-corrected chi connectivity index (χ1v) is 24.2. The van der Waals surface area contributed by atoms with Crippen molar-refractivity contribution in [2.24, 2.45) is 0 Å². The maximum Gasteiger partial charge on any atom is 0.306 e. The summed E-state index contributed by atoms with van der Waals surface area (Å²) >= 11 is 0. The lowest BCUT2D eigenvalue weighted by atomic mass is 10.1. The van der Waals surface area contributed by atoms with Gasteiger partial charge < -0.3 is 14.2 Å². The molecular weight excluding hydrogens is 769 g/mol. The maximum absolute atomic E-state index is 12.7. The monoisotopic (exact) mass is 855 g/mol. The van der Waals surface area contributed by atoms with Crippen molar-refractivity contribution in [2.75, 3.05) is 13.2 Å². The number of carbonyl (C=O) groups is 3. The van der Waals surface area contributed by atoms with E-state index < -0.39 is 12.1 Å². The Labute approximate surface area is 379 Å². The highest BCUT2D eigenvalue weighted by Gasteiger charge is 2.19. The van der Waals surface area contributed by atoms with Crippen LogP contribution in [0, 0.1) is 0 Å². The first kappa shape index (κ1) is 57.5. The lowest BCUT2D eigenvalue weighted by Crippen LogP contribution is -2.30. The molecule has 1 unspecified atom stereocenters. The number of allylic oxidation sites excluding steroid dienone is 22. The van der Waals surface area contributed by atoms with Gasteiger partial charge in [-0.3, -0.25) is 14.4 Å². The van der Waals surface area contributed by atoms with Crippen molar-refractivity contribution < 1.29 is 28.6 Å². The molecule has 0 saturated carbocycles. The smallest absolute Gasteiger partial charge is 0.306 e. The molecule has 6 heteroatoms. The van der Waals surface area contributed by atoms with E-state index >= 15 is 0 Å². The molecule has 0 radical (unpaired) electrons. The third-order valence-corrected chi connectivity index (χ3v) is 9.38. The summed E-state index contributed by atoms with van der Waals surface area (Å²) < 4.78 is 16.6. The van der Waals surface area contributed by atoms with Crippen molar-refractivity contribution >= 4 is 17.9 Å². The van der Waals surface area contributed by atoms with Crippen LogP contribution >= 0.6 is 0 Å². The molecule has 0 aromatic heterocycles. The zero-order valence-corrected chi connectivity index (χ0v) is 39.3. The minimum absolute atomic E-state index is 0.135. The topological polar surface area (TPSA) is 78.9 Å². The fraction of sp³-hybridized carbons (Fsp3) is 0.554. The van der Waals surface area contributed by atoms with Crippen molar-refractivity contribution in [1.82, 2.24) is 0 Å². The van der Waals surface area contributed by atoms with Gasteiger partial charge in [-0.1, -0.05) is 187 Å². The summed E-state index contributed by atoms with van der Waals surface area (Å²) in [7, 11) is 0. The van der Waals surface area contributed by atoms with Gasteiger partial charge in [0.25, 0.3) is 0 Å². The lowest BCUT2D eigenvalue weighted by Gasteiger charge is -2.18. The van der Waals surface area contributed by atoms with Gasteiger partial charge in [-0.25, -0.2) is 0 Å². The molecular formula is C56H86O6. The average Bonchev–Trinajstić information content (AvgIpc) is 3.27. The van der Waals surface area contributed by atoms with Crippen LogP contribution in [0.2, 0.25) is 0 Å². The largest absolute Gasteiger partial charge is 0.462 e. The third kappa shape index (κ3) is 46.6. The first-order valence-electron chi connectivity index (χ1n) is 24.2. The molecule has 0 fully saturated rings. The summed E-state index contributed by atoms with van der Waals surface area (Å²) in [4.78, 5) is 37.8. The van der Waals surface area contributed by atoms with Crippen LogP contribution in [-0.2, 0) is 28.6 Å². The molecule has 0 N–H and O–H groups in total. The molecule has 0 amide bonds. The number of esters is 3. The SMILES string of the molecule is CC/C=C\C/C=C\C/C=C\C/C=C\C/C=C\CCCC(=O)OCC(COC(=O)CCCCCCC/C=C\CCCC)OC(=O)CC/C=C\C/C=C\C/C=C\C/C=C\C/C=C\CC. The van der Waals surface area contributed by atoms with Gasteiger partial charge in [-0.05, 0) is 109 Å². The Hall–Kier alpha value is -4.45. The zero-order valence-electron chi connectivity index (χ0n) is 39.3. The Balaban J connectivity index is 4.62. The Morgan fingerprint density at radius 1 is 0.339 bits per heavy atom. The second-order valence-corrected chi connectivity index (χ2v) is 15.2. The van der Waals surface area contributed by atoms with Crippen LogP contribution in [0.3, 0.4) is 0 Å². The van der Waals surface area contributed by atoms with Gasteiger partial charge in [0.2, 0.25) is 0 Å². The maximum atomic E-state index is 12.7. The van der Waals surface area contributed by atoms with E-state index in [9.17, 15) is 14.4 Å². The standard InChI is InChI=1S/C56H86O6/c1-4-7-10-13-16-19-22-24-26-28-30-31-34-37-40-43-46-49-55(58)61-52-53(51-60-54(57)48-45-42-39-36-33-21-18-15-12-9-6-3)62-56(59)50-47-44-41-38-35-32-29-27-25-23-20-17-14-11-8-5-2/h7-8,10-11,15-20,24-27,30-32,35,37,40-41,44,53H,4-6,9,12-14,21-23,28-29,33-34,36,38-39,42-43,45-52H2,1-3H3/b10-7-,11-8-,18-15-,19-16-,20-17-,26-24-,27-25-,31-30-,35-32-,40-37-,44-41-.